The van der Waals surface area contributed by atoms with Gasteiger partial charge in [0, 0.05) is 17.0 Å². The van der Waals surface area contributed by atoms with Crippen LogP contribution in [0.3, 0.4) is 0 Å². The highest BCUT2D eigenvalue weighted by atomic mass is 16.1. The number of carbonyl (C=O) groups excluding carboxylic acids is 1. The molecule has 1 fully saturated rings. The second-order valence-corrected chi connectivity index (χ2v) is 5.90. The van der Waals surface area contributed by atoms with E-state index >= 15 is 0 Å². The SMILES string of the molecule is C/C=C/C(=O)C1CC(C)(C)NC(C)(C)C1. The number of piperidine rings is 1. The molecule has 0 bridgehead atoms. The van der Waals surface area contributed by atoms with Gasteiger partial charge in [-0.1, -0.05) is 6.08 Å². The fourth-order valence-corrected chi connectivity index (χ4v) is 2.82. The van der Waals surface area contributed by atoms with Crippen LogP contribution in [0.15, 0.2) is 12.2 Å². The van der Waals surface area contributed by atoms with Crippen LogP contribution in [0.1, 0.15) is 47.5 Å². The van der Waals surface area contributed by atoms with E-state index in [1.807, 2.05) is 13.0 Å². The summed E-state index contributed by atoms with van der Waals surface area (Å²) in [5.74, 6) is 0.451. The molecular weight excluding hydrogens is 186 g/mol. The number of allylic oxidation sites excluding steroid dienone is 2. The van der Waals surface area contributed by atoms with Gasteiger partial charge in [-0.05, 0) is 53.5 Å². The largest absolute Gasteiger partial charge is 0.307 e. The number of ketones is 1. The van der Waals surface area contributed by atoms with Crippen molar-refractivity contribution in [3.8, 4) is 0 Å². The van der Waals surface area contributed by atoms with Crippen molar-refractivity contribution in [2.24, 2.45) is 5.92 Å². The maximum absolute atomic E-state index is 11.9. The number of hydrogen-bond acceptors (Lipinski definition) is 2. The Kier molecular flexibility index (Phi) is 3.39. The quantitative estimate of drug-likeness (QED) is 0.708. The van der Waals surface area contributed by atoms with E-state index in [0.717, 1.165) is 12.8 Å². The Morgan fingerprint density at radius 1 is 1.20 bits per heavy atom. The highest BCUT2D eigenvalue weighted by Gasteiger charge is 2.39. The zero-order valence-electron chi connectivity index (χ0n) is 10.6. The van der Waals surface area contributed by atoms with Crippen LogP contribution >= 0.6 is 0 Å². The predicted molar refractivity (Wildman–Crippen MR) is 63.8 cm³/mol. The minimum atomic E-state index is 0.0592. The van der Waals surface area contributed by atoms with Crippen molar-refractivity contribution in [1.82, 2.24) is 5.32 Å². The standard InChI is InChI=1S/C13H23NO/c1-6-7-11(15)10-8-12(2,3)14-13(4,5)9-10/h6-7,10,14H,8-9H2,1-5H3/b7-6+. The van der Waals surface area contributed by atoms with Crippen LogP contribution in [0, 0.1) is 5.92 Å². The smallest absolute Gasteiger partial charge is 0.158 e. The average molecular weight is 209 g/mol. The van der Waals surface area contributed by atoms with Crippen LogP contribution in [0.4, 0.5) is 0 Å². The molecule has 86 valence electrons. The van der Waals surface area contributed by atoms with Crippen LogP contribution in [-0.2, 0) is 4.79 Å². The second-order valence-electron chi connectivity index (χ2n) is 5.90. The summed E-state index contributed by atoms with van der Waals surface area (Å²) in [5.41, 5.74) is 0.118. The Hall–Kier alpha value is -0.630. The normalized spacial score (nSPS) is 25.7. The molecule has 15 heavy (non-hydrogen) atoms. The molecule has 2 nitrogen and oxygen atoms in total. The molecule has 0 saturated carbocycles. The molecular formula is C13H23NO. The van der Waals surface area contributed by atoms with Crippen LogP contribution in [0.25, 0.3) is 0 Å². The predicted octanol–water partition coefficient (Wildman–Crippen LogP) is 2.69. The number of carbonyl (C=O) groups is 1. The summed E-state index contributed by atoms with van der Waals surface area (Å²) in [5, 5.41) is 3.58. The first kappa shape index (κ1) is 12.4. The first-order chi connectivity index (χ1) is 6.76. The first-order valence-corrected chi connectivity index (χ1v) is 5.72. The van der Waals surface area contributed by atoms with Crippen molar-refractivity contribution >= 4 is 5.78 Å². The van der Waals surface area contributed by atoms with E-state index in [1.54, 1.807) is 6.08 Å². The zero-order valence-corrected chi connectivity index (χ0v) is 10.6. The van der Waals surface area contributed by atoms with Gasteiger partial charge in [-0.25, -0.2) is 0 Å². The summed E-state index contributed by atoms with van der Waals surface area (Å²) >= 11 is 0. The van der Waals surface area contributed by atoms with Crippen molar-refractivity contribution in [2.75, 3.05) is 0 Å². The van der Waals surface area contributed by atoms with Gasteiger partial charge in [0.05, 0.1) is 0 Å². The molecule has 0 aromatic carbocycles. The summed E-state index contributed by atoms with van der Waals surface area (Å²) in [6.07, 6.45) is 5.41. The molecule has 1 saturated heterocycles. The lowest BCUT2D eigenvalue weighted by Gasteiger charge is -2.45. The van der Waals surface area contributed by atoms with E-state index in [9.17, 15) is 4.79 Å². The summed E-state index contributed by atoms with van der Waals surface area (Å²) in [6.45, 7) is 10.6. The molecule has 1 aliphatic heterocycles. The van der Waals surface area contributed by atoms with Gasteiger partial charge in [0.1, 0.15) is 0 Å². The van der Waals surface area contributed by atoms with E-state index in [1.165, 1.54) is 0 Å². The number of hydrogen-bond donors (Lipinski definition) is 1. The maximum atomic E-state index is 11.9. The fourth-order valence-electron chi connectivity index (χ4n) is 2.82. The van der Waals surface area contributed by atoms with E-state index in [4.69, 9.17) is 0 Å². The molecule has 0 aromatic rings. The molecule has 0 atom stereocenters. The van der Waals surface area contributed by atoms with Crippen molar-refractivity contribution < 1.29 is 4.79 Å². The third-order valence-electron chi connectivity index (χ3n) is 2.92. The lowest BCUT2D eigenvalue weighted by atomic mass is 9.74. The van der Waals surface area contributed by atoms with Gasteiger partial charge in [-0.3, -0.25) is 4.79 Å². The van der Waals surface area contributed by atoms with Crippen molar-refractivity contribution in [3.05, 3.63) is 12.2 Å². The van der Waals surface area contributed by atoms with E-state index in [0.29, 0.717) is 0 Å². The Morgan fingerprint density at radius 3 is 2.07 bits per heavy atom. The molecule has 0 amide bonds. The van der Waals surface area contributed by atoms with Gasteiger partial charge >= 0.3 is 0 Å². The lowest BCUT2D eigenvalue weighted by Crippen LogP contribution is -2.58. The van der Waals surface area contributed by atoms with Gasteiger partial charge in [-0.2, -0.15) is 0 Å². The molecule has 0 aromatic heterocycles. The van der Waals surface area contributed by atoms with E-state index in [2.05, 4.69) is 33.0 Å². The second kappa shape index (κ2) is 4.09. The third kappa shape index (κ3) is 3.45. The average Bonchev–Trinajstić information content (AvgIpc) is 1.98. The molecule has 0 radical (unpaired) electrons. The molecule has 0 aliphatic carbocycles. The number of rotatable bonds is 2. The Morgan fingerprint density at radius 2 is 1.67 bits per heavy atom. The summed E-state index contributed by atoms with van der Waals surface area (Å²) < 4.78 is 0. The molecule has 1 N–H and O–H groups in total. The van der Waals surface area contributed by atoms with E-state index in [-0.39, 0.29) is 22.8 Å². The van der Waals surface area contributed by atoms with E-state index < -0.39 is 0 Å². The fraction of sp³-hybridized carbons (Fsp3) is 0.769. The zero-order chi connectivity index (χ0) is 11.7. The maximum Gasteiger partial charge on any atom is 0.158 e. The van der Waals surface area contributed by atoms with Crippen LogP contribution in [0.2, 0.25) is 0 Å². The van der Waals surface area contributed by atoms with Crippen LogP contribution in [0.5, 0.6) is 0 Å². The minimum absolute atomic E-state index is 0.0592. The van der Waals surface area contributed by atoms with Gasteiger partial charge in [0.2, 0.25) is 0 Å². The van der Waals surface area contributed by atoms with Gasteiger partial charge < -0.3 is 5.32 Å². The Bertz CT molecular complexity index is 260. The molecule has 1 rings (SSSR count). The van der Waals surface area contributed by atoms with Gasteiger partial charge in [-0.15, -0.1) is 0 Å². The summed E-state index contributed by atoms with van der Waals surface area (Å²) in [7, 11) is 0. The highest BCUT2D eigenvalue weighted by Crippen LogP contribution is 2.33. The number of nitrogens with one attached hydrogen (secondary N) is 1. The highest BCUT2D eigenvalue weighted by molar-refractivity contribution is 5.91. The monoisotopic (exact) mass is 209 g/mol. The molecule has 0 unspecified atom stereocenters. The molecule has 0 spiro atoms. The third-order valence-corrected chi connectivity index (χ3v) is 2.92. The lowest BCUT2D eigenvalue weighted by molar-refractivity contribution is -0.120. The Balaban J connectivity index is 2.79. The first-order valence-electron chi connectivity index (χ1n) is 5.72. The van der Waals surface area contributed by atoms with Crippen LogP contribution < -0.4 is 5.32 Å². The molecule has 2 heteroatoms. The van der Waals surface area contributed by atoms with Crippen molar-refractivity contribution in [2.45, 2.75) is 58.5 Å². The minimum Gasteiger partial charge on any atom is -0.307 e. The van der Waals surface area contributed by atoms with Crippen molar-refractivity contribution in [1.29, 1.82) is 0 Å². The molecule has 1 aliphatic rings. The van der Waals surface area contributed by atoms with Crippen LogP contribution in [-0.4, -0.2) is 16.9 Å². The topological polar surface area (TPSA) is 29.1 Å². The molecule has 1 heterocycles. The summed E-state index contributed by atoms with van der Waals surface area (Å²) in [4.78, 5) is 11.9. The van der Waals surface area contributed by atoms with Crippen molar-refractivity contribution in [3.63, 3.8) is 0 Å². The summed E-state index contributed by atoms with van der Waals surface area (Å²) in [6, 6.07) is 0. The van der Waals surface area contributed by atoms with Gasteiger partial charge in [0.15, 0.2) is 5.78 Å². The Labute approximate surface area is 93.1 Å². The van der Waals surface area contributed by atoms with Gasteiger partial charge in [0.25, 0.3) is 0 Å².